The molecule has 0 aliphatic heterocycles. The number of aryl methyl sites for hydroxylation is 2. The maximum Gasteiger partial charge on any atom is 0.434 e. The van der Waals surface area contributed by atoms with E-state index >= 15 is 0 Å². The number of nitrogens with zero attached hydrogens (tertiary/aromatic N) is 1. The van der Waals surface area contributed by atoms with Gasteiger partial charge in [0.2, 0.25) is 0 Å². The molecule has 0 saturated carbocycles. The summed E-state index contributed by atoms with van der Waals surface area (Å²) in [6.07, 6.45) is 1.07. The number of allylic oxidation sites excluding steroid dienone is 1. The van der Waals surface area contributed by atoms with Crippen LogP contribution in [0.2, 0.25) is 0 Å². The summed E-state index contributed by atoms with van der Waals surface area (Å²) >= 11 is 3.61. The van der Waals surface area contributed by atoms with E-state index in [-0.39, 0.29) is 13.2 Å². The molecule has 0 N–H and O–H groups in total. The van der Waals surface area contributed by atoms with Crippen LogP contribution in [0.25, 0.3) is 0 Å². The van der Waals surface area contributed by atoms with Crippen molar-refractivity contribution in [2.75, 3.05) is 6.61 Å². The number of benzene rings is 2. The maximum atomic E-state index is 12.9. The minimum absolute atomic E-state index is 0.110. The van der Waals surface area contributed by atoms with E-state index in [1.54, 1.807) is 6.92 Å². The second kappa shape index (κ2) is 13.1. The minimum atomic E-state index is -0.731. The molecule has 0 unspecified atom stereocenters. The van der Waals surface area contributed by atoms with Crippen LogP contribution in [0.15, 0.2) is 63.1 Å². The standard InChI is InChI=1S/C27H32BrNO4/c1-6-18(4)25(26(30)32-8-3)24(16-22-15-21(7-2)23(28)14-19(22)5)29-27(31)33-17-20-12-10-9-11-13-20/h9-15H,6-8,16-17H2,1-5H3. The van der Waals surface area contributed by atoms with Crippen LogP contribution in [0.1, 0.15) is 56.4 Å². The summed E-state index contributed by atoms with van der Waals surface area (Å²) in [7, 11) is 0. The number of hydrogen-bond acceptors (Lipinski definition) is 4. The number of esters is 1. The summed E-state index contributed by atoms with van der Waals surface area (Å²) in [5.41, 5.74) is 5.57. The molecule has 0 spiro atoms. The molecule has 6 heteroatoms. The van der Waals surface area contributed by atoms with Crippen molar-refractivity contribution in [3.05, 3.63) is 80.3 Å². The van der Waals surface area contributed by atoms with Crippen LogP contribution in [-0.2, 0) is 33.7 Å². The molecule has 0 bridgehead atoms. The molecule has 0 radical (unpaired) electrons. The lowest BCUT2D eigenvalue weighted by molar-refractivity contribution is -0.137. The highest BCUT2D eigenvalue weighted by atomic mass is 79.9. The van der Waals surface area contributed by atoms with Gasteiger partial charge in [-0.15, -0.1) is 0 Å². The van der Waals surface area contributed by atoms with Gasteiger partial charge in [-0.3, -0.25) is 0 Å². The molecule has 2 rings (SSSR count). The Morgan fingerprint density at radius 2 is 1.70 bits per heavy atom. The number of halogens is 1. The van der Waals surface area contributed by atoms with Crippen LogP contribution in [0.4, 0.5) is 4.79 Å². The van der Waals surface area contributed by atoms with E-state index in [1.807, 2.05) is 51.1 Å². The molecule has 0 saturated heterocycles. The van der Waals surface area contributed by atoms with E-state index in [2.05, 4.69) is 40.0 Å². The average Bonchev–Trinajstić information content (AvgIpc) is 2.80. The second-order valence-corrected chi connectivity index (χ2v) is 8.58. The number of hydrogen-bond donors (Lipinski definition) is 0. The van der Waals surface area contributed by atoms with E-state index in [9.17, 15) is 9.59 Å². The predicted molar refractivity (Wildman–Crippen MR) is 136 cm³/mol. The third-order valence-corrected chi connectivity index (χ3v) is 6.14. The lowest BCUT2D eigenvalue weighted by Gasteiger charge is -2.16. The maximum absolute atomic E-state index is 12.9. The summed E-state index contributed by atoms with van der Waals surface area (Å²) in [5, 5.41) is 0. The van der Waals surface area contributed by atoms with Crippen molar-refractivity contribution in [3.8, 4) is 0 Å². The number of carbonyl (C=O) groups excluding carboxylic acids is 2. The fourth-order valence-electron chi connectivity index (χ4n) is 3.37. The molecule has 0 fully saturated rings. The van der Waals surface area contributed by atoms with E-state index in [0.717, 1.165) is 38.7 Å². The first-order valence-electron chi connectivity index (χ1n) is 11.2. The van der Waals surface area contributed by atoms with E-state index < -0.39 is 12.1 Å². The van der Waals surface area contributed by atoms with Gasteiger partial charge in [-0.1, -0.05) is 71.7 Å². The third-order valence-electron chi connectivity index (χ3n) is 5.40. The third kappa shape index (κ3) is 7.67. The van der Waals surface area contributed by atoms with Crippen molar-refractivity contribution < 1.29 is 19.1 Å². The van der Waals surface area contributed by atoms with Crippen LogP contribution < -0.4 is 0 Å². The van der Waals surface area contributed by atoms with Crippen LogP contribution in [0.3, 0.4) is 0 Å². The highest BCUT2D eigenvalue weighted by Gasteiger charge is 2.23. The van der Waals surface area contributed by atoms with Gasteiger partial charge in [0.25, 0.3) is 0 Å². The molecule has 176 valence electrons. The molecule has 2 aromatic carbocycles. The van der Waals surface area contributed by atoms with Gasteiger partial charge in [0.1, 0.15) is 6.61 Å². The molecule has 2 aromatic rings. The van der Waals surface area contributed by atoms with E-state index in [0.29, 0.717) is 24.1 Å². The summed E-state index contributed by atoms with van der Waals surface area (Å²) in [4.78, 5) is 29.8. The van der Waals surface area contributed by atoms with Crippen LogP contribution in [0.5, 0.6) is 0 Å². The van der Waals surface area contributed by atoms with Gasteiger partial charge in [0.15, 0.2) is 0 Å². The largest absolute Gasteiger partial charge is 0.462 e. The zero-order valence-corrected chi connectivity index (χ0v) is 21.6. The SMILES string of the molecule is CCOC(=O)C(C(Cc1cc(CC)c(Br)cc1C)=NC(=O)OCc1ccccc1)=C(C)CC. The first-order valence-corrected chi connectivity index (χ1v) is 12.0. The Morgan fingerprint density at radius 3 is 2.30 bits per heavy atom. The normalized spacial score (nSPS) is 12.2. The Bertz CT molecular complexity index is 1040. The number of rotatable bonds is 9. The monoisotopic (exact) mass is 513 g/mol. The van der Waals surface area contributed by atoms with Crippen LogP contribution in [-0.4, -0.2) is 24.4 Å². The van der Waals surface area contributed by atoms with Gasteiger partial charge in [-0.2, -0.15) is 4.99 Å². The highest BCUT2D eigenvalue weighted by Crippen LogP contribution is 2.25. The topological polar surface area (TPSA) is 65.0 Å². The van der Waals surface area contributed by atoms with Gasteiger partial charge in [0, 0.05) is 10.9 Å². The van der Waals surface area contributed by atoms with Crippen molar-refractivity contribution in [3.63, 3.8) is 0 Å². The zero-order valence-electron chi connectivity index (χ0n) is 20.0. The predicted octanol–water partition coefficient (Wildman–Crippen LogP) is 6.93. The number of ether oxygens (including phenoxy) is 2. The fourth-order valence-corrected chi connectivity index (χ4v) is 4.11. The van der Waals surface area contributed by atoms with Crippen LogP contribution in [0, 0.1) is 6.92 Å². The fraction of sp³-hybridized carbons (Fsp3) is 0.370. The van der Waals surface area contributed by atoms with Gasteiger partial charge in [-0.25, -0.2) is 9.59 Å². The summed E-state index contributed by atoms with van der Waals surface area (Å²) in [5.74, 6) is -0.475. The molecule has 33 heavy (non-hydrogen) atoms. The Morgan fingerprint density at radius 1 is 1.00 bits per heavy atom. The summed E-state index contributed by atoms with van der Waals surface area (Å²) < 4.78 is 11.7. The Kier molecular flexibility index (Phi) is 10.5. The first-order chi connectivity index (χ1) is 15.8. The summed E-state index contributed by atoms with van der Waals surface area (Å²) in [6.45, 7) is 10.0. The Balaban J connectivity index is 2.47. The van der Waals surface area contributed by atoms with Crippen molar-refractivity contribution in [2.45, 2.75) is 60.5 Å². The van der Waals surface area contributed by atoms with Crippen molar-refractivity contribution in [1.29, 1.82) is 0 Å². The van der Waals surface area contributed by atoms with E-state index in [4.69, 9.17) is 9.47 Å². The molecule has 5 nitrogen and oxygen atoms in total. The smallest absolute Gasteiger partial charge is 0.434 e. The minimum Gasteiger partial charge on any atom is -0.462 e. The van der Waals surface area contributed by atoms with Crippen LogP contribution >= 0.6 is 15.9 Å². The first kappa shape index (κ1) is 26.5. The second-order valence-electron chi connectivity index (χ2n) is 7.73. The van der Waals surface area contributed by atoms with Crippen molar-refractivity contribution in [1.82, 2.24) is 0 Å². The zero-order chi connectivity index (χ0) is 24.4. The lowest BCUT2D eigenvalue weighted by atomic mass is 9.93. The lowest BCUT2D eigenvalue weighted by Crippen LogP contribution is -2.22. The highest BCUT2D eigenvalue weighted by molar-refractivity contribution is 9.10. The molecule has 0 aliphatic rings. The average molecular weight is 514 g/mol. The van der Waals surface area contributed by atoms with E-state index in [1.165, 1.54) is 0 Å². The number of aliphatic imine (C=N–C) groups is 1. The molecule has 0 aliphatic carbocycles. The Hall–Kier alpha value is -2.73. The van der Waals surface area contributed by atoms with Crippen molar-refractivity contribution >= 4 is 33.7 Å². The molecule has 0 aromatic heterocycles. The molecule has 1 amide bonds. The van der Waals surface area contributed by atoms with Gasteiger partial charge < -0.3 is 9.47 Å². The number of carbonyl (C=O) groups is 2. The summed E-state index contributed by atoms with van der Waals surface area (Å²) in [6, 6.07) is 13.6. The molecular formula is C27H32BrNO4. The molecule has 0 atom stereocenters. The number of amides is 1. The van der Waals surface area contributed by atoms with Gasteiger partial charge in [-0.05, 0) is 61.9 Å². The Labute approximate surface area is 205 Å². The van der Waals surface area contributed by atoms with Gasteiger partial charge in [0.05, 0.1) is 17.9 Å². The molecule has 0 heterocycles. The molecular weight excluding hydrogens is 482 g/mol. The quantitative estimate of drug-likeness (QED) is 0.207. The van der Waals surface area contributed by atoms with Gasteiger partial charge >= 0.3 is 12.1 Å². The van der Waals surface area contributed by atoms with Crippen molar-refractivity contribution in [2.24, 2.45) is 4.99 Å².